The van der Waals surface area contributed by atoms with Gasteiger partial charge in [0.2, 0.25) is 11.8 Å². The van der Waals surface area contributed by atoms with Crippen LogP contribution in [-0.4, -0.2) is 31.4 Å². The van der Waals surface area contributed by atoms with E-state index in [4.69, 9.17) is 4.42 Å². The minimum absolute atomic E-state index is 0.431. The molecule has 1 aliphatic carbocycles. The van der Waals surface area contributed by atoms with Gasteiger partial charge in [-0.05, 0) is 32.2 Å². The number of hydrogen-bond donors (Lipinski definition) is 0. The minimum atomic E-state index is 0.431. The first-order valence-corrected chi connectivity index (χ1v) is 7.34. The predicted octanol–water partition coefficient (Wildman–Crippen LogP) is 2.02. The van der Waals surface area contributed by atoms with Crippen LogP contribution in [0, 0.1) is 0 Å². The molecule has 0 amide bonds. The van der Waals surface area contributed by atoms with Crippen molar-refractivity contribution >= 4 is 0 Å². The summed E-state index contributed by atoms with van der Waals surface area (Å²) < 4.78 is 7.64. The van der Waals surface area contributed by atoms with Crippen LogP contribution in [-0.2, 0) is 13.6 Å². The fraction of sp³-hybridized carbons (Fsp3) is 0.643. The third kappa shape index (κ3) is 2.24. The van der Waals surface area contributed by atoms with Crippen molar-refractivity contribution in [3.8, 4) is 0 Å². The number of aromatic nitrogens is 4. The van der Waals surface area contributed by atoms with Gasteiger partial charge in [-0.1, -0.05) is 0 Å². The molecule has 6 nitrogen and oxygen atoms in total. The normalized spacial score (nSPS) is 23.6. The molecule has 6 heteroatoms. The van der Waals surface area contributed by atoms with Crippen LogP contribution in [0.25, 0.3) is 0 Å². The van der Waals surface area contributed by atoms with Crippen molar-refractivity contribution < 1.29 is 4.42 Å². The zero-order chi connectivity index (χ0) is 13.5. The van der Waals surface area contributed by atoms with Crippen LogP contribution in [0.1, 0.15) is 55.0 Å². The molecule has 1 saturated heterocycles. The Kier molecular flexibility index (Phi) is 2.84. The molecule has 2 aromatic heterocycles. The minimum Gasteiger partial charge on any atom is -0.424 e. The lowest BCUT2D eigenvalue weighted by atomic mass is 10.1. The second kappa shape index (κ2) is 4.70. The van der Waals surface area contributed by atoms with Gasteiger partial charge >= 0.3 is 0 Å². The fourth-order valence-corrected chi connectivity index (χ4v) is 3.00. The van der Waals surface area contributed by atoms with Gasteiger partial charge in [-0.25, -0.2) is 0 Å². The van der Waals surface area contributed by atoms with Gasteiger partial charge in [0.1, 0.15) is 0 Å². The summed E-state index contributed by atoms with van der Waals surface area (Å²) in [5.41, 5.74) is 1.28. The Hall–Kier alpha value is -1.69. The Morgan fingerprint density at radius 3 is 2.95 bits per heavy atom. The highest BCUT2D eigenvalue weighted by atomic mass is 16.4. The van der Waals surface area contributed by atoms with Gasteiger partial charge in [-0.3, -0.25) is 9.58 Å². The highest BCUT2D eigenvalue weighted by Gasteiger charge is 2.31. The average molecular weight is 273 g/mol. The molecular weight excluding hydrogens is 254 g/mol. The first-order chi connectivity index (χ1) is 9.79. The van der Waals surface area contributed by atoms with Gasteiger partial charge in [0, 0.05) is 30.8 Å². The van der Waals surface area contributed by atoms with Crippen LogP contribution in [0.4, 0.5) is 0 Å². The maximum atomic E-state index is 5.77. The van der Waals surface area contributed by atoms with Crippen molar-refractivity contribution in [1.82, 2.24) is 24.9 Å². The van der Waals surface area contributed by atoms with Gasteiger partial charge < -0.3 is 4.42 Å². The van der Waals surface area contributed by atoms with Crippen LogP contribution in [0.5, 0.6) is 0 Å². The molecule has 1 atom stereocenters. The van der Waals surface area contributed by atoms with E-state index in [-0.39, 0.29) is 0 Å². The van der Waals surface area contributed by atoms with Crippen LogP contribution in [0.15, 0.2) is 16.8 Å². The van der Waals surface area contributed by atoms with Crippen molar-refractivity contribution in [3.63, 3.8) is 0 Å². The van der Waals surface area contributed by atoms with Crippen molar-refractivity contribution in [1.29, 1.82) is 0 Å². The standard InChI is InChI=1S/C14H19N5O/c1-18-8-11(7-15-18)12-3-2-6-19(12)9-13-16-17-14(20-13)10-4-5-10/h7-8,10,12H,2-6,9H2,1H3/t12-/m0/s1. The Balaban J connectivity index is 1.48. The van der Waals surface area contributed by atoms with E-state index in [9.17, 15) is 0 Å². The number of nitrogens with zero attached hydrogens (tertiary/aromatic N) is 5. The second-order valence-corrected chi connectivity index (χ2v) is 5.88. The summed E-state index contributed by atoms with van der Waals surface area (Å²) >= 11 is 0. The predicted molar refractivity (Wildman–Crippen MR) is 71.9 cm³/mol. The summed E-state index contributed by atoms with van der Waals surface area (Å²) in [4.78, 5) is 2.42. The van der Waals surface area contributed by atoms with Crippen LogP contribution in [0.2, 0.25) is 0 Å². The third-order valence-electron chi connectivity index (χ3n) is 4.22. The van der Waals surface area contributed by atoms with E-state index in [2.05, 4.69) is 26.4 Å². The Bertz CT molecular complexity index is 600. The first kappa shape index (κ1) is 12.1. The van der Waals surface area contributed by atoms with Crippen LogP contribution in [0.3, 0.4) is 0 Å². The number of aryl methyl sites for hydroxylation is 1. The number of likely N-dealkylation sites (tertiary alicyclic amines) is 1. The molecule has 0 aromatic carbocycles. The monoisotopic (exact) mass is 273 g/mol. The van der Waals surface area contributed by atoms with E-state index in [1.807, 2.05) is 17.9 Å². The quantitative estimate of drug-likeness (QED) is 0.853. The summed E-state index contributed by atoms with van der Waals surface area (Å²) in [6.45, 7) is 1.83. The number of hydrogen-bond acceptors (Lipinski definition) is 5. The molecule has 1 saturated carbocycles. The van der Waals surface area contributed by atoms with E-state index in [1.165, 1.54) is 31.2 Å². The Labute approximate surface area is 117 Å². The summed E-state index contributed by atoms with van der Waals surface area (Å²) in [5.74, 6) is 2.11. The lowest BCUT2D eigenvalue weighted by Gasteiger charge is -2.21. The molecule has 0 radical (unpaired) electrons. The molecule has 20 heavy (non-hydrogen) atoms. The molecule has 0 bridgehead atoms. The third-order valence-corrected chi connectivity index (χ3v) is 4.22. The van der Waals surface area contributed by atoms with Crippen molar-refractivity contribution in [2.24, 2.45) is 7.05 Å². The molecule has 2 fully saturated rings. The largest absolute Gasteiger partial charge is 0.424 e. The number of rotatable bonds is 4. The molecule has 2 aliphatic rings. The summed E-state index contributed by atoms with van der Waals surface area (Å²) in [6, 6.07) is 0.431. The van der Waals surface area contributed by atoms with Gasteiger partial charge in [0.05, 0.1) is 12.7 Å². The topological polar surface area (TPSA) is 60.0 Å². The van der Waals surface area contributed by atoms with Crippen molar-refractivity contribution in [2.75, 3.05) is 6.54 Å². The molecular formula is C14H19N5O. The van der Waals surface area contributed by atoms with Crippen LogP contribution >= 0.6 is 0 Å². The molecule has 1 aliphatic heterocycles. The zero-order valence-electron chi connectivity index (χ0n) is 11.7. The van der Waals surface area contributed by atoms with Crippen molar-refractivity contribution in [3.05, 3.63) is 29.7 Å². The van der Waals surface area contributed by atoms with Crippen molar-refractivity contribution in [2.45, 2.75) is 44.2 Å². The Morgan fingerprint density at radius 1 is 1.30 bits per heavy atom. The van der Waals surface area contributed by atoms with E-state index in [0.29, 0.717) is 12.0 Å². The molecule has 2 aromatic rings. The highest BCUT2D eigenvalue weighted by Crippen LogP contribution is 2.39. The lowest BCUT2D eigenvalue weighted by Crippen LogP contribution is -2.22. The SMILES string of the molecule is Cn1cc([C@@H]2CCCN2Cc2nnc(C3CC3)o2)cn1. The smallest absolute Gasteiger partial charge is 0.230 e. The second-order valence-electron chi connectivity index (χ2n) is 5.88. The molecule has 106 valence electrons. The molecule has 0 N–H and O–H groups in total. The summed E-state index contributed by atoms with van der Waals surface area (Å²) in [5, 5.41) is 12.6. The molecule has 0 unspecified atom stereocenters. The van der Waals surface area contributed by atoms with E-state index in [0.717, 1.165) is 24.9 Å². The Morgan fingerprint density at radius 2 is 2.20 bits per heavy atom. The maximum Gasteiger partial charge on any atom is 0.230 e. The molecule has 0 spiro atoms. The summed E-state index contributed by atoms with van der Waals surface area (Å²) in [6.07, 6.45) is 8.85. The molecule has 4 rings (SSSR count). The maximum absolute atomic E-state index is 5.77. The lowest BCUT2D eigenvalue weighted by molar-refractivity contribution is 0.221. The summed E-state index contributed by atoms with van der Waals surface area (Å²) in [7, 11) is 1.96. The van der Waals surface area contributed by atoms with Gasteiger partial charge in [-0.2, -0.15) is 5.10 Å². The van der Waals surface area contributed by atoms with E-state index in [1.54, 1.807) is 0 Å². The molecule has 3 heterocycles. The zero-order valence-corrected chi connectivity index (χ0v) is 11.7. The van der Waals surface area contributed by atoms with Gasteiger partial charge in [0.25, 0.3) is 0 Å². The highest BCUT2D eigenvalue weighted by molar-refractivity contribution is 5.12. The first-order valence-electron chi connectivity index (χ1n) is 7.34. The van der Waals surface area contributed by atoms with Gasteiger partial charge in [-0.15, -0.1) is 10.2 Å². The van der Waals surface area contributed by atoms with E-state index >= 15 is 0 Å². The van der Waals surface area contributed by atoms with Gasteiger partial charge in [0.15, 0.2) is 0 Å². The van der Waals surface area contributed by atoms with Crippen LogP contribution < -0.4 is 0 Å². The van der Waals surface area contributed by atoms with E-state index < -0.39 is 0 Å². The fourth-order valence-electron chi connectivity index (χ4n) is 3.00. The average Bonchev–Trinajstić information content (AvgIpc) is 2.86.